The number of rotatable bonds is 8. The van der Waals surface area contributed by atoms with Gasteiger partial charge in [0, 0.05) is 27.4 Å². The van der Waals surface area contributed by atoms with E-state index in [4.69, 9.17) is 4.74 Å². The van der Waals surface area contributed by atoms with Gasteiger partial charge in [-0.15, -0.1) is 0 Å². The highest BCUT2D eigenvalue weighted by Gasteiger charge is 2.29. The second kappa shape index (κ2) is 13.1. The average Bonchev–Trinajstić information content (AvgIpc) is 3.21. The Balaban J connectivity index is 0.000000403. The van der Waals surface area contributed by atoms with Crippen LogP contribution in [0.25, 0.3) is 10.8 Å². The fraction of sp³-hybridized carbons (Fsp3) is 0.545. The molecule has 1 aliphatic heterocycles. The monoisotopic (exact) mass is 444 g/mol. The van der Waals surface area contributed by atoms with Crippen LogP contribution in [0.4, 0.5) is 4.70 Å². The first kappa shape index (κ1) is 25.7. The molecule has 1 saturated heterocycles. The van der Waals surface area contributed by atoms with Crippen molar-refractivity contribution >= 4 is 31.8 Å². The summed E-state index contributed by atoms with van der Waals surface area (Å²) >= 11 is 0. The maximum atomic E-state index is 9.83. The topological polar surface area (TPSA) is 66.4 Å². The van der Waals surface area contributed by atoms with Gasteiger partial charge in [-0.1, -0.05) is 44.9 Å². The Morgan fingerprint density at radius 1 is 0.966 bits per heavy atom. The minimum atomic E-state index is -3.94. The van der Waals surface area contributed by atoms with Crippen LogP contribution in [-0.4, -0.2) is 36.8 Å². The van der Waals surface area contributed by atoms with Gasteiger partial charge in [-0.05, 0) is 43.9 Å². The van der Waals surface area contributed by atoms with E-state index >= 15 is 0 Å². The summed E-state index contributed by atoms with van der Waals surface area (Å²) in [6.45, 7) is 4.86. The molecule has 1 fully saturated rings. The minimum absolute atomic E-state index is 0. The van der Waals surface area contributed by atoms with Crippen molar-refractivity contribution in [3.8, 4) is 5.75 Å². The van der Waals surface area contributed by atoms with Crippen molar-refractivity contribution in [2.75, 3.05) is 23.9 Å². The predicted molar refractivity (Wildman–Crippen MR) is 121 cm³/mol. The molecule has 3 rings (SSSR count). The molecule has 29 heavy (non-hydrogen) atoms. The maximum Gasteiger partial charge on any atom is 0.162 e. The highest BCUT2D eigenvalue weighted by Crippen LogP contribution is 2.34. The molecule has 0 aromatic heterocycles. The lowest BCUT2D eigenvalue weighted by molar-refractivity contribution is 0.313. The predicted octanol–water partition coefficient (Wildman–Crippen LogP) is 5.27. The molecule has 1 heterocycles. The van der Waals surface area contributed by atoms with Crippen molar-refractivity contribution in [2.45, 2.75) is 57.3 Å². The lowest BCUT2D eigenvalue weighted by Gasteiger charge is -2.11. The van der Waals surface area contributed by atoms with Gasteiger partial charge in [0.15, 0.2) is 4.90 Å². The van der Waals surface area contributed by atoms with Gasteiger partial charge in [0.05, 0.1) is 16.7 Å². The third-order valence-corrected chi connectivity index (χ3v) is 8.02. The maximum absolute atomic E-state index is 9.83. The Morgan fingerprint density at radius 3 is 2.14 bits per heavy atom. The molecule has 2 aromatic rings. The van der Waals surface area contributed by atoms with Gasteiger partial charge in [-0.3, -0.25) is 4.70 Å². The molecule has 2 aromatic carbocycles. The molecule has 0 spiro atoms. The van der Waals surface area contributed by atoms with E-state index in [1.807, 2.05) is 6.92 Å². The second-order valence-corrected chi connectivity index (χ2v) is 10.8. The fourth-order valence-corrected chi connectivity index (χ4v) is 6.28. The first-order chi connectivity index (χ1) is 13.5. The van der Waals surface area contributed by atoms with Crippen LogP contribution in [0.5, 0.6) is 5.75 Å². The van der Waals surface area contributed by atoms with Gasteiger partial charge in [-0.2, -0.15) is 0 Å². The summed E-state index contributed by atoms with van der Waals surface area (Å²) in [4.78, 5) is 1.56. The molecule has 0 bridgehead atoms. The second-order valence-electron chi connectivity index (χ2n) is 7.03. The number of fused-ring (bicyclic) bond motifs is 1. The summed E-state index contributed by atoms with van der Waals surface area (Å²) in [6, 6.07) is 13.3. The van der Waals surface area contributed by atoms with Crippen molar-refractivity contribution in [1.29, 1.82) is 0 Å². The zero-order valence-corrected chi connectivity index (χ0v) is 19.0. The van der Waals surface area contributed by atoms with Crippen molar-refractivity contribution in [3.05, 3.63) is 36.4 Å². The van der Waals surface area contributed by atoms with E-state index in [2.05, 4.69) is 43.3 Å². The Kier molecular flexibility index (Phi) is 11.6. The highest BCUT2D eigenvalue weighted by atomic mass is 32.2. The number of benzene rings is 2. The first-order valence-electron chi connectivity index (χ1n) is 10.2. The van der Waals surface area contributed by atoms with E-state index in [9.17, 15) is 13.0 Å². The van der Waals surface area contributed by atoms with Crippen LogP contribution < -0.4 is 4.74 Å². The molecule has 0 amide bonds. The van der Waals surface area contributed by atoms with Gasteiger partial charge >= 0.3 is 0 Å². The minimum Gasteiger partial charge on any atom is -0.748 e. The van der Waals surface area contributed by atoms with Crippen LogP contribution in [0.2, 0.25) is 0 Å². The van der Waals surface area contributed by atoms with Crippen molar-refractivity contribution in [1.82, 2.24) is 0 Å². The zero-order chi connectivity index (χ0) is 20.4. The Bertz CT molecular complexity index is 834. The molecule has 0 radical (unpaired) electrons. The SMILES string of the molecule is CCCCOc1ccc([S+]2CCCC2)c2ccccc12.CCCCS(=O)(=O)[O-].F. The molecule has 7 heteroatoms. The van der Waals surface area contributed by atoms with Crippen LogP contribution in [0.15, 0.2) is 41.3 Å². The first-order valence-corrected chi connectivity index (χ1v) is 13.4. The van der Waals surface area contributed by atoms with Crippen LogP contribution in [0.1, 0.15) is 52.4 Å². The van der Waals surface area contributed by atoms with Gasteiger partial charge in [0.1, 0.15) is 17.3 Å². The summed E-state index contributed by atoms with van der Waals surface area (Å²) in [6.07, 6.45) is 6.33. The molecule has 0 saturated carbocycles. The summed E-state index contributed by atoms with van der Waals surface area (Å²) < 4.78 is 35.5. The van der Waals surface area contributed by atoms with Gasteiger partial charge in [-0.25, -0.2) is 8.42 Å². The average molecular weight is 445 g/mol. The smallest absolute Gasteiger partial charge is 0.162 e. The number of unbranched alkanes of at least 4 members (excludes halogenated alkanes) is 2. The Labute approximate surface area is 177 Å². The molecule has 0 atom stereocenters. The Morgan fingerprint density at radius 2 is 1.59 bits per heavy atom. The van der Waals surface area contributed by atoms with Crippen molar-refractivity contribution in [3.63, 3.8) is 0 Å². The normalized spacial score (nSPS) is 14.2. The van der Waals surface area contributed by atoms with E-state index in [1.165, 1.54) is 41.5 Å². The largest absolute Gasteiger partial charge is 0.748 e. The molecular formula is C22H33FO4S2. The van der Waals surface area contributed by atoms with Gasteiger partial charge in [0.2, 0.25) is 0 Å². The lowest BCUT2D eigenvalue weighted by atomic mass is 10.1. The summed E-state index contributed by atoms with van der Waals surface area (Å²) in [7, 11) is -3.47. The molecule has 4 nitrogen and oxygen atoms in total. The third-order valence-electron chi connectivity index (χ3n) is 4.69. The third kappa shape index (κ3) is 8.52. The molecule has 0 unspecified atom stereocenters. The van der Waals surface area contributed by atoms with Gasteiger partial charge < -0.3 is 9.29 Å². The molecule has 0 aliphatic carbocycles. The lowest BCUT2D eigenvalue weighted by Crippen LogP contribution is -2.05. The summed E-state index contributed by atoms with van der Waals surface area (Å²) in [5.74, 6) is 3.59. The quantitative estimate of drug-likeness (QED) is 0.316. The number of ether oxygens (including phenoxy) is 1. The van der Waals surface area contributed by atoms with Crippen LogP contribution in [-0.2, 0) is 21.0 Å². The summed E-state index contributed by atoms with van der Waals surface area (Å²) in [5.41, 5.74) is 0. The zero-order valence-electron chi connectivity index (χ0n) is 17.4. The van der Waals surface area contributed by atoms with E-state index in [0.717, 1.165) is 25.2 Å². The van der Waals surface area contributed by atoms with E-state index in [0.29, 0.717) is 17.3 Å². The molecular weight excluding hydrogens is 411 g/mol. The van der Waals surface area contributed by atoms with Crippen LogP contribution in [0.3, 0.4) is 0 Å². The van der Waals surface area contributed by atoms with Crippen LogP contribution in [0, 0.1) is 0 Å². The Hall–Kier alpha value is -1.31. The number of hydrogen-bond acceptors (Lipinski definition) is 4. The highest BCUT2D eigenvalue weighted by molar-refractivity contribution is 7.97. The molecule has 164 valence electrons. The van der Waals surface area contributed by atoms with Crippen molar-refractivity contribution in [2.24, 2.45) is 0 Å². The number of hydrogen-bond donors (Lipinski definition) is 0. The molecule has 1 aliphatic rings. The summed E-state index contributed by atoms with van der Waals surface area (Å²) in [5, 5.41) is 2.70. The van der Waals surface area contributed by atoms with E-state index in [1.54, 1.807) is 4.90 Å². The fourth-order valence-electron chi connectivity index (χ4n) is 3.14. The van der Waals surface area contributed by atoms with Crippen LogP contribution >= 0.6 is 0 Å². The number of halogens is 1. The standard InChI is InChI=1S/C18H23OS.C4H10O3S.FH/c1-2-3-12-19-17-10-11-18(20-13-6-7-14-20)16-9-5-4-8-15(16)17;1-2-3-4-8(5,6)7;/h4-5,8-11H,2-3,6-7,12-14H2,1H3;2-4H2,1H3,(H,5,6,7);1H/q+1;;/p-1. The van der Waals surface area contributed by atoms with E-state index in [-0.39, 0.29) is 10.5 Å². The molecule has 0 N–H and O–H groups in total. The van der Waals surface area contributed by atoms with Gasteiger partial charge in [0.25, 0.3) is 0 Å². The van der Waals surface area contributed by atoms with Crippen molar-refractivity contribution < 1.29 is 22.4 Å². The van der Waals surface area contributed by atoms with E-state index < -0.39 is 10.1 Å².